The Labute approximate surface area is 112 Å². The van der Waals surface area contributed by atoms with E-state index in [0.29, 0.717) is 10.9 Å². The van der Waals surface area contributed by atoms with Gasteiger partial charge < -0.3 is 10.1 Å². The summed E-state index contributed by atoms with van der Waals surface area (Å²) in [7, 11) is 0. The van der Waals surface area contributed by atoms with Crippen molar-refractivity contribution in [1.82, 2.24) is 5.32 Å². The van der Waals surface area contributed by atoms with E-state index >= 15 is 0 Å². The predicted octanol–water partition coefficient (Wildman–Crippen LogP) is 3.56. The van der Waals surface area contributed by atoms with Crippen LogP contribution in [-0.4, -0.2) is 19.8 Å². The molecule has 100 valence electrons. The third-order valence-electron chi connectivity index (χ3n) is 3.35. The largest absolute Gasteiger partial charge is 0.381 e. The number of ether oxygens (including phenoxy) is 1. The van der Waals surface area contributed by atoms with E-state index in [4.69, 9.17) is 16.3 Å². The second-order valence-corrected chi connectivity index (χ2v) is 5.13. The Bertz CT molecular complexity index is 393. The zero-order valence-corrected chi connectivity index (χ0v) is 11.3. The Balaban J connectivity index is 2.20. The standard InChI is InChI=1S/C14H19ClFNO/c1-2-6-17-14(10-5-7-18-9-10)12-4-3-11(16)8-13(12)15/h3-4,8,10,14,17H,2,5-7,9H2,1H3. The molecule has 1 saturated heterocycles. The molecule has 1 N–H and O–H groups in total. The molecular weight excluding hydrogens is 253 g/mol. The van der Waals surface area contributed by atoms with Gasteiger partial charge in [0, 0.05) is 23.6 Å². The van der Waals surface area contributed by atoms with Crippen LogP contribution in [0.4, 0.5) is 4.39 Å². The number of benzene rings is 1. The predicted molar refractivity (Wildman–Crippen MR) is 71.4 cm³/mol. The third-order valence-corrected chi connectivity index (χ3v) is 3.68. The van der Waals surface area contributed by atoms with Crippen LogP contribution in [0.25, 0.3) is 0 Å². The van der Waals surface area contributed by atoms with Crippen molar-refractivity contribution in [3.8, 4) is 0 Å². The molecule has 0 aliphatic carbocycles. The lowest BCUT2D eigenvalue weighted by Gasteiger charge is -2.25. The highest BCUT2D eigenvalue weighted by molar-refractivity contribution is 6.31. The normalized spacial score (nSPS) is 21.2. The molecule has 0 aromatic heterocycles. The monoisotopic (exact) mass is 271 g/mol. The van der Waals surface area contributed by atoms with Crippen molar-refractivity contribution in [3.05, 3.63) is 34.6 Å². The van der Waals surface area contributed by atoms with Crippen LogP contribution in [0.15, 0.2) is 18.2 Å². The van der Waals surface area contributed by atoms with E-state index in [1.54, 1.807) is 6.07 Å². The minimum Gasteiger partial charge on any atom is -0.381 e. The lowest BCUT2D eigenvalue weighted by Crippen LogP contribution is -2.29. The van der Waals surface area contributed by atoms with Crippen LogP contribution in [0.3, 0.4) is 0 Å². The Hall–Kier alpha value is -0.640. The van der Waals surface area contributed by atoms with E-state index in [-0.39, 0.29) is 11.9 Å². The average Bonchev–Trinajstić information content (AvgIpc) is 2.85. The minimum absolute atomic E-state index is 0.153. The fourth-order valence-corrected chi connectivity index (χ4v) is 2.68. The molecule has 0 saturated carbocycles. The topological polar surface area (TPSA) is 21.3 Å². The molecule has 0 bridgehead atoms. The fourth-order valence-electron chi connectivity index (χ4n) is 2.40. The van der Waals surface area contributed by atoms with Crippen molar-refractivity contribution in [3.63, 3.8) is 0 Å². The molecule has 1 aliphatic heterocycles. The van der Waals surface area contributed by atoms with E-state index in [9.17, 15) is 4.39 Å². The molecule has 0 radical (unpaired) electrons. The van der Waals surface area contributed by atoms with Gasteiger partial charge in [0.2, 0.25) is 0 Å². The van der Waals surface area contributed by atoms with Crippen molar-refractivity contribution >= 4 is 11.6 Å². The first kappa shape index (κ1) is 13.8. The van der Waals surface area contributed by atoms with Gasteiger partial charge in [-0.15, -0.1) is 0 Å². The number of rotatable bonds is 5. The Morgan fingerprint density at radius 3 is 3.00 bits per heavy atom. The van der Waals surface area contributed by atoms with Crippen LogP contribution >= 0.6 is 11.6 Å². The lowest BCUT2D eigenvalue weighted by atomic mass is 9.92. The average molecular weight is 272 g/mol. The van der Waals surface area contributed by atoms with Gasteiger partial charge in [0.25, 0.3) is 0 Å². The maximum Gasteiger partial charge on any atom is 0.124 e. The molecule has 1 aliphatic rings. The second-order valence-electron chi connectivity index (χ2n) is 4.72. The SMILES string of the molecule is CCCNC(c1ccc(F)cc1Cl)C1CCOC1. The van der Waals surface area contributed by atoms with Crippen molar-refractivity contribution in [1.29, 1.82) is 0 Å². The number of nitrogens with one attached hydrogen (secondary N) is 1. The van der Waals surface area contributed by atoms with E-state index in [1.165, 1.54) is 12.1 Å². The van der Waals surface area contributed by atoms with Crippen LogP contribution in [0.2, 0.25) is 5.02 Å². The molecule has 4 heteroatoms. The van der Waals surface area contributed by atoms with Gasteiger partial charge in [0.1, 0.15) is 5.82 Å². The van der Waals surface area contributed by atoms with Gasteiger partial charge in [-0.1, -0.05) is 24.6 Å². The molecule has 1 fully saturated rings. The van der Waals surface area contributed by atoms with Gasteiger partial charge in [0.05, 0.1) is 6.61 Å². The summed E-state index contributed by atoms with van der Waals surface area (Å²) < 4.78 is 18.6. The van der Waals surface area contributed by atoms with Gasteiger partial charge in [-0.3, -0.25) is 0 Å². The highest BCUT2D eigenvalue weighted by atomic mass is 35.5. The van der Waals surface area contributed by atoms with Crippen LogP contribution in [0, 0.1) is 11.7 Å². The molecule has 2 nitrogen and oxygen atoms in total. The smallest absolute Gasteiger partial charge is 0.124 e. The number of hydrogen-bond acceptors (Lipinski definition) is 2. The van der Waals surface area contributed by atoms with E-state index in [2.05, 4.69) is 12.2 Å². The summed E-state index contributed by atoms with van der Waals surface area (Å²) in [6.45, 7) is 4.60. The fraction of sp³-hybridized carbons (Fsp3) is 0.571. The van der Waals surface area contributed by atoms with E-state index in [0.717, 1.165) is 38.2 Å². The molecule has 18 heavy (non-hydrogen) atoms. The van der Waals surface area contributed by atoms with Gasteiger partial charge in [-0.05, 0) is 37.1 Å². The minimum atomic E-state index is -0.291. The number of hydrogen-bond donors (Lipinski definition) is 1. The lowest BCUT2D eigenvalue weighted by molar-refractivity contribution is 0.176. The van der Waals surface area contributed by atoms with Gasteiger partial charge in [0.15, 0.2) is 0 Å². The quantitative estimate of drug-likeness (QED) is 0.884. The molecule has 0 amide bonds. The van der Waals surface area contributed by atoms with E-state index < -0.39 is 0 Å². The zero-order chi connectivity index (χ0) is 13.0. The summed E-state index contributed by atoms with van der Waals surface area (Å²) in [5.74, 6) is 0.125. The molecule has 1 aromatic carbocycles. The van der Waals surface area contributed by atoms with Crippen LogP contribution in [-0.2, 0) is 4.74 Å². The second kappa shape index (κ2) is 6.50. The molecule has 2 atom stereocenters. The first-order valence-electron chi connectivity index (χ1n) is 6.48. The first-order valence-corrected chi connectivity index (χ1v) is 6.86. The van der Waals surface area contributed by atoms with Crippen molar-refractivity contribution < 1.29 is 9.13 Å². The van der Waals surface area contributed by atoms with Crippen LogP contribution < -0.4 is 5.32 Å². The molecule has 0 spiro atoms. The summed E-state index contributed by atoms with van der Waals surface area (Å²) in [6.07, 6.45) is 2.08. The Morgan fingerprint density at radius 2 is 2.39 bits per heavy atom. The molecule has 1 aromatic rings. The summed E-state index contributed by atoms with van der Waals surface area (Å²) in [5, 5.41) is 4.00. The molecular formula is C14H19ClFNO. The van der Waals surface area contributed by atoms with Gasteiger partial charge in [-0.2, -0.15) is 0 Å². The van der Waals surface area contributed by atoms with Crippen molar-refractivity contribution in [2.75, 3.05) is 19.8 Å². The number of halogens is 2. The van der Waals surface area contributed by atoms with Crippen molar-refractivity contribution in [2.45, 2.75) is 25.8 Å². The Kier molecular flexibility index (Phi) is 4.98. The van der Waals surface area contributed by atoms with Crippen LogP contribution in [0.5, 0.6) is 0 Å². The summed E-state index contributed by atoms with van der Waals surface area (Å²) in [5.41, 5.74) is 0.974. The highest BCUT2D eigenvalue weighted by Crippen LogP contribution is 2.33. The highest BCUT2D eigenvalue weighted by Gasteiger charge is 2.28. The molecule has 1 heterocycles. The third kappa shape index (κ3) is 3.22. The maximum absolute atomic E-state index is 13.1. The van der Waals surface area contributed by atoms with Gasteiger partial charge in [-0.25, -0.2) is 4.39 Å². The van der Waals surface area contributed by atoms with Crippen molar-refractivity contribution in [2.24, 2.45) is 5.92 Å². The summed E-state index contributed by atoms with van der Waals surface area (Å²) >= 11 is 6.16. The molecule has 2 unspecified atom stereocenters. The van der Waals surface area contributed by atoms with Gasteiger partial charge >= 0.3 is 0 Å². The Morgan fingerprint density at radius 1 is 1.56 bits per heavy atom. The first-order chi connectivity index (χ1) is 8.72. The summed E-state index contributed by atoms with van der Waals surface area (Å²) in [6, 6.07) is 4.79. The summed E-state index contributed by atoms with van der Waals surface area (Å²) in [4.78, 5) is 0. The molecule has 2 rings (SSSR count). The van der Waals surface area contributed by atoms with Crippen LogP contribution in [0.1, 0.15) is 31.4 Å². The maximum atomic E-state index is 13.1. The van der Waals surface area contributed by atoms with E-state index in [1.807, 2.05) is 0 Å². The zero-order valence-electron chi connectivity index (χ0n) is 10.6.